The molecular formula is C10H9N3O2S. The van der Waals surface area contributed by atoms with Gasteiger partial charge in [0.1, 0.15) is 17.4 Å². The van der Waals surface area contributed by atoms with E-state index in [4.69, 9.17) is 27.1 Å². The lowest BCUT2D eigenvalue weighted by Crippen LogP contribution is -2.14. The minimum Gasteiger partial charge on any atom is -0.468 e. The van der Waals surface area contributed by atoms with Crippen molar-refractivity contribution in [2.75, 3.05) is 0 Å². The van der Waals surface area contributed by atoms with Crippen LogP contribution in [0.1, 0.15) is 11.5 Å². The minimum absolute atomic E-state index is 0.155. The van der Waals surface area contributed by atoms with Crippen LogP contribution in [0.4, 0.5) is 0 Å². The molecular weight excluding hydrogens is 226 g/mol. The van der Waals surface area contributed by atoms with Gasteiger partial charge in [-0.2, -0.15) is 0 Å². The molecule has 0 saturated heterocycles. The topological polar surface area (TPSA) is 74.2 Å². The van der Waals surface area contributed by atoms with Crippen molar-refractivity contribution in [1.82, 2.24) is 9.97 Å². The molecule has 2 aromatic rings. The number of hydrogen-bond donors (Lipinski definition) is 1. The van der Waals surface area contributed by atoms with Crippen LogP contribution in [-0.4, -0.2) is 15.0 Å². The van der Waals surface area contributed by atoms with Gasteiger partial charge in [-0.1, -0.05) is 12.2 Å². The van der Waals surface area contributed by atoms with Gasteiger partial charge in [0, 0.05) is 12.4 Å². The molecule has 16 heavy (non-hydrogen) atoms. The average Bonchev–Trinajstić information content (AvgIpc) is 2.79. The van der Waals surface area contributed by atoms with E-state index in [1.54, 1.807) is 18.4 Å². The Kier molecular flexibility index (Phi) is 3.11. The molecule has 0 spiro atoms. The van der Waals surface area contributed by atoms with Crippen molar-refractivity contribution in [3.63, 3.8) is 0 Å². The number of nitrogens with two attached hydrogens (primary N) is 1. The van der Waals surface area contributed by atoms with E-state index >= 15 is 0 Å². The first-order valence-corrected chi connectivity index (χ1v) is 4.94. The minimum atomic E-state index is 0.155. The molecule has 0 aromatic carbocycles. The number of ether oxygens (including phenoxy) is 1. The van der Waals surface area contributed by atoms with Crippen molar-refractivity contribution in [2.24, 2.45) is 5.73 Å². The summed E-state index contributed by atoms with van der Waals surface area (Å²) in [5, 5.41) is 0. The second-order valence-corrected chi connectivity index (χ2v) is 3.38. The smallest absolute Gasteiger partial charge is 0.243 e. The van der Waals surface area contributed by atoms with Gasteiger partial charge < -0.3 is 14.9 Å². The van der Waals surface area contributed by atoms with Gasteiger partial charge in [-0.15, -0.1) is 0 Å². The summed E-state index contributed by atoms with van der Waals surface area (Å²) in [4.78, 5) is 8.15. The van der Waals surface area contributed by atoms with Gasteiger partial charge in [-0.3, -0.25) is 0 Å². The van der Waals surface area contributed by atoms with Crippen molar-refractivity contribution < 1.29 is 9.15 Å². The highest BCUT2D eigenvalue weighted by molar-refractivity contribution is 7.80. The summed E-state index contributed by atoms with van der Waals surface area (Å²) in [7, 11) is 0. The summed E-state index contributed by atoms with van der Waals surface area (Å²) in [5.74, 6) is 1.01. The highest BCUT2D eigenvalue weighted by Crippen LogP contribution is 2.13. The Hall–Kier alpha value is -1.95. The zero-order valence-corrected chi connectivity index (χ0v) is 9.11. The molecule has 2 heterocycles. The van der Waals surface area contributed by atoms with Gasteiger partial charge in [0.25, 0.3) is 0 Å². The van der Waals surface area contributed by atoms with E-state index in [9.17, 15) is 0 Å². The lowest BCUT2D eigenvalue weighted by Gasteiger charge is -2.06. The van der Waals surface area contributed by atoms with Crippen molar-refractivity contribution in [2.45, 2.75) is 6.61 Å². The van der Waals surface area contributed by atoms with Crippen LogP contribution in [0, 0.1) is 0 Å². The molecule has 0 aliphatic rings. The van der Waals surface area contributed by atoms with Gasteiger partial charge >= 0.3 is 0 Å². The SMILES string of the molecule is NC(=S)c1nccnc1OCc1ccco1. The van der Waals surface area contributed by atoms with Crippen LogP contribution in [0.15, 0.2) is 35.2 Å². The second kappa shape index (κ2) is 4.71. The molecule has 0 aliphatic carbocycles. The maximum absolute atomic E-state index is 5.49. The van der Waals surface area contributed by atoms with Gasteiger partial charge in [0.15, 0.2) is 5.69 Å². The van der Waals surface area contributed by atoms with Crippen LogP contribution in [0.5, 0.6) is 5.88 Å². The first-order chi connectivity index (χ1) is 7.77. The van der Waals surface area contributed by atoms with Crippen molar-refractivity contribution in [1.29, 1.82) is 0 Å². The Morgan fingerprint density at radius 1 is 1.44 bits per heavy atom. The molecule has 0 bridgehead atoms. The van der Waals surface area contributed by atoms with Crippen LogP contribution < -0.4 is 10.5 Å². The first-order valence-electron chi connectivity index (χ1n) is 4.53. The molecule has 0 radical (unpaired) electrons. The second-order valence-electron chi connectivity index (χ2n) is 2.94. The fraction of sp³-hybridized carbons (Fsp3) is 0.100. The molecule has 0 fully saturated rings. The summed E-state index contributed by atoms with van der Waals surface area (Å²) >= 11 is 4.84. The molecule has 0 amide bonds. The fourth-order valence-electron chi connectivity index (χ4n) is 1.13. The molecule has 0 unspecified atom stereocenters. The molecule has 2 N–H and O–H groups in total. The maximum Gasteiger partial charge on any atom is 0.243 e. The highest BCUT2D eigenvalue weighted by Gasteiger charge is 2.09. The fourth-order valence-corrected chi connectivity index (χ4v) is 1.27. The number of thiocarbonyl (C=S) groups is 1. The summed E-state index contributed by atoms with van der Waals surface area (Å²) < 4.78 is 10.5. The number of aromatic nitrogens is 2. The zero-order chi connectivity index (χ0) is 11.4. The maximum atomic E-state index is 5.49. The van der Waals surface area contributed by atoms with Gasteiger partial charge in [0.05, 0.1) is 6.26 Å². The van der Waals surface area contributed by atoms with Gasteiger partial charge in [-0.25, -0.2) is 9.97 Å². The molecule has 2 aromatic heterocycles. The summed E-state index contributed by atoms with van der Waals surface area (Å²) in [6.07, 6.45) is 4.59. The molecule has 5 nitrogen and oxygen atoms in total. The van der Waals surface area contributed by atoms with Crippen molar-refractivity contribution in [3.05, 3.63) is 42.2 Å². The third kappa shape index (κ3) is 2.34. The van der Waals surface area contributed by atoms with Crippen molar-refractivity contribution >= 4 is 17.2 Å². The average molecular weight is 235 g/mol. The summed E-state index contributed by atoms with van der Waals surface area (Å²) in [6, 6.07) is 3.58. The highest BCUT2D eigenvalue weighted by atomic mass is 32.1. The lowest BCUT2D eigenvalue weighted by atomic mass is 10.4. The van der Waals surface area contributed by atoms with Crippen LogP contribution in [0.2, 0.25) is 0 Å². The van der Waals surface area contributed by atoms with E-state index in [1.165, 1.54) is 12.4 Å². The van der Waals surface area contributed by atoms with Gasteiger partial charge in [0.2, 0.25) is 5.88 Å². The van der Waals surface area contributed by atoms with E-state index in [1.807, 2.05) is 0 Å². The van der Waals surface area contributed by atoms with E-state index in [-0.39, 0.29) is 11.6 Å². The monoisotopic (exact) mass is 235 g/mol. The molecule has 0 aliphatic heterocycles. The summed E-state index contributed by atoms with van der Waals surface area (Å²) in [5.41, 5.74) is 5.87. The van der Waals surface area contributed by atoms with Crippen LogP contribution >= 0.6 is 12.2 Å². The number of rotatable bonds is 4. The lowest BCUT2D eigenvalue weighted by molar-refractivity contribution is 0.259. The first kappa shape index (κ1) is 10.6. The van der Waals surface area contributed by atoms with Crippen LogP contribution in [0.3, 0.4) is 0 Å². The number of nitrogens with zero attached hydrogens (tertiary/aromatic N) is 2. The van der Waals surface area contributed by atoms with Crippen LogP contribution in [-0.2, 0) is 6.61 Å². The Balaban J connectivity index is 2.12. The third-order valence-electron chi connectivity index (χ3n) is 1.83. The normalized spacial score (nSPS) is 10.0. The Bertz CT molecular complexity index is 485. The standard InChI is InChI=1S/C10H9N3O2S/c11-9(16)8-10(13-4-3-12-8)15-6-7-2-1-5-14-7/h1-5H,6H2,(H2,11,16). The van der Waals surface area contributed by atoms with E-state index in [2.05, 4.69) is 9.97 Å². The quantitative estimate of drug-likeness (QED) is 0.805. The third-order valence-corrected chi connectivity index (χ3v) is 2.02. The van der Waals surface area contributed by atoms with Gasteiger partial charge in [-0.05, 0) is 12.1 Å². The van der Waals surface area contributed by atoms with E-state index < -0.39 is 0 Å². The summed E-state index contributed by atoms with van der Waals surface area (Å²) in [6.45, 7) is 0.265. The predicted molar refractivity (Wildman–Crippen MR) is 61.0 cm³/mol. The molecule has 0 atom stereocenters. The molecule has 0 saturated carbocycles. The largest absolute Gasteiger partial charge is 0.468 e. The Morgan fingerprint density at radius 2 is 2.25 bits per heavy atom. The number of hydrogen-bond acceptors (Lipinski definition) is 5. The van der Waals surface area contributed by atoms with Crippen molar-refractivity contribution in [3.8, 4) is 5.88 Å². The molecule has 82 valence electrons. The predicted octanol–water partition coefficient (Wildman–Crippen LogP) is 1.28. The van der Waals surface area contributed by atoms with E-state index in [0.29, 0.717) is 17.3 Å². The molecule has 2 rings (SSSR count). The zero-order valence-electron chi connectivity index (χ0n) is 8.29. The Labute approximate surface area is 97.3 Å². The van der Waals surface area contributed by atoms with Crippen LogP contribution in [0.25, 0.3) is 0 Å². The Morgan fingerprint density at radius 3 is 2.94 bits per heavy atom. The molecule has 6 heteroatoms. The number of furan rings is 1. The van der Waals surface area contributed by atoms with E-state index in [0.717, 1.165) is 0 Å².